The monoisotopic (exact) mass is 236 g/mol. The number of aliphatic hydroxyl groups excluding tert-OH is 1. The molecular formula is C13H20N2O2. The second-order valence-corrected chi connectivity index (χ2v) is 4.33. The van der Waals surface area contributed by atoms with Crippen molar-refractivity contribution in [2.45, 2.75) is 19.4 Å². The molecule has 0 spiro atoms. The third kappa shape index (κ3) is 4.07. The van der Waals surface area contributed by atoms with E-state index >= 15 is 0 Å². The van der Waals surface area contributed by atoms with Crippen LogP contribution in [0.4, 0.5) is 5.69 Å². The van der Waals surface area contributed by atoms with E-state index in [1.165, 1.54) is 0 Å². The van der Waals surface area contributed by atoms with Gasteiger partial charge in [-0.15, -0.1) is 0 Å². The molecule has 0 bridgehead atoms. The Labute approximate surface area is 102 Å². The van der Waals surface area contributed by atoms with Gasteiger partial charge >= 0.3 is 0 Å². The molecule has 94 valence electrons. The van der Waals surface area contributed by atoms with Gasteiger partial charge in [0.15, 0.2) is 0 Å². The molecule has 4 heteroatoms. The number of hydrogen-bond acceptors (Lipinski definition) is 3. The lowest BCUT2D eigenvalue weighted by Gasteiger charge is -2.15. The highest BCUT2D eigenvalue weighted by Gasteiger charge is 2.10. The first-order valence-corrected chi connectivity index (χ1v) is 5.73. The number of aliphatic hydroxyl groups is 1. The van der Waals surface area contributed by atoms with Gasteiger partial charge in [0, 0.05) is 38.0 Å². The van der Waals surface area contributed by atoms with Crippen LogP contribution in [0.3, 0.4) is 0 Å². The van der Waals surface area contributed by atoms with Crippen LogP contribution in [0.5, 0.6) is 0 Å². The molecule has 1 unspecified atom stereocenters. The minimum absolute atomic E-state index is 0.0180. The highest BCUT2D eigenvalue weighted by molar-refractivity contribution is 5.95. The average Bonchev–Trinajstić information content (AvgIpc) is 2.29. The Kier molecular flexibility index (Phi) is 4.97. The van der Waals surface area contributed by atoms with E-state index < -0.39 is 0 Å². The van der Waals surface area contributed by atoms with E-state index in [-0.39, 0.29) is 18.6 Å². The molecule has 1 amide bonds. The third-order valence-electron chi connectivity index (χ3n) is 2.56. The lowest BCUT2D eigenvalue weighted by Crippen LogP contribution is -2.33. The molecule has 0 radical (unpaired) electrons. The summed E-state index contributed by atoms with van der Waals surface area (Å²) >= 11 is 0. The van der Waals surface area contributed by atoms with Crippen molar-refractivity contribution in [1.29, 1.82) is 0 Å². The molecule has 0 aliphatic rings. The summed E-state index contributed by atoms with van der Waals surface area (Å²) in [6.45, 7) is 1.96. The Bertz CT molecular complexity index is 377. The van der Waals surface area contributed by atoms with Crippen LogP contribution in [-0.4, -0.2) is 37.8 Å². The Balaban J connectivity index is 2.72. The lowest BCUT2D eigenvalue weighted by atomic mass is 10.1. The van der Waals surface area contributed by atoms with Crippen LogP contribution in [0.2, 0.25) is 0 Å². The van der Waals surface area contributed by atoms with Crippen LogP contribution in [0.15, 0.2) is 24.3 Å². The van der Waals surface area contributed by atoms with E-state index in [0.717, 1.165) is 5.69 Å². The van der Waals surface area contributed by atoms with Gasteiger partial charge in [-0.25, -0.2) is 0 Å². The normalized spacial score (nSPS) is 12.0. The van der Waals surface area contributed by atoms with Crippen LogP contribution in [0, 0.1) is 0 Å². The van der Waals surface area contributed by atoms with Crippen molar-refractivity contribution in [2.24, 2.45) is 0 Å². The molecule has 17 heavy (non-hydrogen) atoms. The van der Waals surface area contributed by atoms with Gasteiger partial charge in [-0.2, -0.15) is 0 Å². The first kappa shape index (κ1) is 13.5. The maximum Gasteiger partial charge on any atom is 0.251 e. The van der Waals surface area contributed by atoms with Crippen LogP contribution < -0.4 is 10.2 Å². The first-order chi connectivity index (χ1) is 8.04. The number of benzene rings is 1. The van der Waals surface area contributed by atoms with Crippen molar-refractivity contribution >= 4 is 11.6 Å². The van der Waals surface area contributed by atoms with Gasteiger partial charge in [0.1, 0.15) is 0 Å². The Hall–Kier alpha value is -1.55. The molecule has 0 aromatic heterocycles. The maximum absolute atomic E-state index is 11.9. The van der Waals surface area contributed by atoms with Crippen LogP contribution in [-0.2, 0) is 0 Å². The number of rotatable bonds is 5. The smallest absolute Gasteiger partial charge is 0.251 e. The fourth-order valence-corrected chi connectivity index (χ4v) is 1.50. The van der Waals surface area contributed by atoms with Crippen molar-refractivity contribution in [1.82, 2.24) is 5.32 Å². The fourth-order valence-electron chi connectivity index (χ4n) is 1.50. The van der Waals surface area contributed by atoms with Crippen molar-refractivity contribution in [2.75, 3.05) is 25.6 Å². The maximum atomic E-state index is 11.9. The highest BCUT2D eigenvalue weighted by Crippen LogP contribution is 2.13. The minimum Gasteiger partial charge on any atom is -0.396 e. The molecule has 0 aliphatic carbocycles. The predicted octanol–water partition coefficient (Wildman–Crippen LogP) is 1.25. The molecule has 0 aliphatic heterocycles. The zero-order chi connectivity index (χ0) is 12.8. The Morgan fingerprint density at radius 1 is 1.47 bits per heavy atom. The summed E-state index contributed by atoms with van der Waals surface area (Å²) in [5.74, 6) is -0.102. The van der Waals surface area contributed by atoms with E-state index in [2.05, 4.69) is 5.32 Å². The van der Waals surface area contributed by atoms with E-state index in [0.29, 0.717) is 12.0 Å². The van der Waals surface area contributed by atoms with E-state index in [4.69, 9.17) is 5.11 Å². The predicted molar refractivity (Wildman–Crippen MR) is 69.4 cm³/mol. The number of anilines is 1. The van der Waals surface area contributed by atoms with Crippen LogP contribution in [0.1, 0.15) is 23.7 Å². The zero-order valence-corrected chi connectivity index (χ0v) is 10.6. The third-order valence-corrected chi connectivity index (χ3v) is 2.56. The first-order valence-electron chi connectivity index (χ1n) is 5.73. The van der Waals surface area contributed by atoms with Crippen LogP contribution >= 0.6 is 0 Å². The number of carbonyl (C=O) groups is 1. The quantitative estimate of drug-likeness (QED) is 0.809. The second-order valence-electron chi connectivity index (χ2n) is 4.33. The van der Waals surface area contributed by atoms with Gasteiger partial charge < -0.3 is 15.3 Å². The number of hydrogen-bond donors (Lipinski definition) is 2. The largest absolute Gasteiger partial charge is 0.396 e. The average molecular weight is 236 g/mol. The molecule has 2 N–H and O–H groups in total. The second kappa shape index (κ2) is 6.25. The summed E-state index contributed by atoms with van der Waals surface area (Å²) in [6, 6.07) is 7.43. The summed E-state index contributed by atoms with van der Waals surface area (Å²) in [5, 5.41) is 11.6. The fraction of sp³-hybridized carbons (Fsp3) is 0.462. The van der Waals surface area contributed by atoms with Crippen molar-refractivity contribution in [3.05, 3.63) is 29.8 Å². The molecule has 1 aromatic carbocycles. The number of nitrogens with one attached hydrogen (secondary N) is 1. The molecule has 1 rings (SSSR count). The molecule has 1 atom stereocenters. The zero-order valence-electron chi connectivity index (χ0n) is 10.6. The molecule has 0 fully saturated rings. The van der Waals surface area contributed by atoms with Gasteiger partial charge in [0.2, 0.25) is 0 Å². The molecule has 0 saturated heterocycles. The van der Waals surface area contributed by atoms with E-state index in [1.54, 1.807) is 6.07 Å². The standard InChI is InChI=1S/C13H20N2O2/c1-10(7-8-16)14-13(17)11-5-4-6-12(9-11)15(2)3/h4-6,9-10,16H,7-8H2,1-3H3,(H,14,17). The molecule has 0 saturated carbocycles. The Morgan fingerprint density at radius 2 is 2.18 bits per heavy atom. The topological polar surface area (TPSA) is 52.6 Å². The summed E-state index contributed by atoms with van der Waals surface area (Å²) in [5.41, 5.74) is 1.63. The Morgan fingerprint density at radius 3 is 2.76 bits per heavy atom. The number of amides is 1. The molecule has 4 nitrogen and oxygen atoms in total. The van der Waals surface area contributed by atoms with Crippen molar-refractivity contribution in [3.8, 4) is 0 Å². The van der Waals surface area contributed by atoms with Crippen molar-refractivity contribution < 1.29 is 9.90 Å². The van der Waals surface area contributed by atoms with Gasteiger partial charge in [-0.1, -0.05) is 6.07 Å². The van der Waals surface area contributed by atoms with Crippen LogP contribution in [0.25, 0.3) is 0 Å². The number of nitrogens with zero attached hydrogens (tertiary/aromatic N) is 1. The van der Waals surface area contributed by atoms with E-state index in [1.807, 2.05) is 44.1 Å². The molecule has 1 aromatic rings. The van der Waals surface area contributed by atoms with Gasteiger partial charge in [0.05, 0.1) is 0 Å². The SMILES string of the molecule is CC(CCO)NC(=O)c1cccc(N(C)C)c1. The minimum atomic E-state index is -0.102. The molecule has 0 heterocycles. The van der Waals surface area contributed by atoms with Gasteiger partial charge in [-0.3, -0.25) is 4.79 Å². The summed E-state index contributed by atoms with van der Waals surface area (Å²) < 4.78 is 0. The van der Waals surface area contributed by atoms with Gasteiger partial charge in [-0.05, 0) is 31.5 Å². The highest BCUT2D eigenvalue weighted by atomic mass is 16.3. The lowest BCUT2D eigenvalue weighted by molar-refractivity contribution is 0.0934. The summed E-state index contributed by atoms with van der Waals surface area (Å²) in [6.07, 6.45) is 0.569. The summed E-state index contributed by atoms with van der Waals surface area (Å²) in [7, 11) is 3.87. The molecular weight excluding hydrogens is 216 g/mol. The van der Waals surface area contributed by atoms with Crippen molar-refractivity contribution in [3.63, 3.8) is 0 Å². The summed E-state index contributed by atoms with van der Waals surface area (Å²) in [4.78, 5) is 13.8. The number of carbonyl (C=O) groups excluding carboxylic acids is 1. The van der Waals surface area contributed by atoms with E-state index in [9.17, 15) is 4.79 Å². The van der Waals surface area contributed by atoms with Gasteiger partial charge in [0.25, 0.3) is 5.91 Å².